The number of hydrogen-bond acceptors (Lipinski definition) is 3. The fourth-order valence-electron chi connectivity index (χ4n) is 4.58. The molecular formula is C14H17Br2NO3. The topological polar surface area (TPSA) is 46.6 Å². The van der Waals surface area contributed by atoms with Gasteiger partial charge < -0.3 is 4.74 Å². The van der Waals surface area contributed by atoms with Gasteiger partial charge in [0, 0.05) is 16.3 Å². The van der Waals surface area contributed by atoms with E-state index in [9.17, 15) is 9.59 Å². The number of nitrogens with zero attached hydrogens (tertiary/aromatic N) is 1. The summed E-state index contributed by atoms with van der Waals surface area (Å²) in [5, 5.41) is 0. The molecule has 2 saturated heterocycles. The van der Waals surface area contributed by atoms with Crippen molar-refractivity contribution in [2.24, 2.45) is 23.7 Å². The number of rotatable bonds is 2. The maximum Gasteiger partial charge on any atom is 0.233 e. The summed E-state index contributed by atoms with van der Waals surface area (Å²) in [6.07, 6.45) is 3.04. The smallest absolute Gasteiger partial charge is 0.233 e. The average Bonchev–Trinajstić information content (AvgIpc) is 3.15. The van der Waals surface area contributed by atoms with E-state index in [4.69, 9.17) is 4.74 Å². The standard InChI is InChI=1S/C14H17Br2NO3/c15-11-7-4-8(12(11)16)10-9(7)13(18)17(14(10)19)5-6-2-1-3-20-6/h6-12H,1-5H2/t6-,7-,8-,9-,10+,11-,12+/m0/s1. The van der Waals surface area contributed by atoms with Gasteiger partial charge in [0.2, 0.25) is 11.8 Å². The minimum atomic E-state index is -0.0907. The van der Waals surface area contributed by atoms with Crippen molar-refractivity contribution >= 4 is 43.7 Å². The van der Waals surface area contributed by atoms with E-state index in [0.717, 1.165) is 25.9 Å². The minimum absolute atomic E-state index is 0.0480. The first-order valence-electron chi connectivity index (χ1n) is 7.34. The number of alkyl halides is 2. The highest BCUT2D eigenvalue weighted by molar-refractivity contribution is 9.12. The summed E-state index contributed by atoms with van der Waals surface area (Å²) in [4.78, 5) is 27.4. The molecular weight excluding hydrogens is 390 g/mol. The molecule has 2 amide bonds. The van der Waals surface area contributed by atoms with Crippen molar-refractivity contribution in [1.29, 1.82) is 0 Å². The van der Waals surface area contributed by atoms with Gasteiger partial charge in [0.1, 0.15) is 0 Å². The van der Waals surface area contributed by atoms with Crippen LogP contribution in [-0.4, -0.2) is 45.6 Å². The highest BCUT2D eigenvalue weighted by Crippen LogP contribution is 2.60. The van der Waals surface area contributed by atoms with E-state index in [1.54, 1.807) is 0 Å². The van der Waals surface area contributed by atoms with Gasteiger partial charge in [0.15, 0.2) is 0 Å². The maximum absolute atomic E-state index is 12.6. The number of halogens is 2. The maximum atomic E-state index is 12.6. The lowest BCUT2D eigenvalue weighted by atomic mass is 9.81. The quantitative estimate of drug-likeness (QED) is 0.520. The average molecular weight is 407 g/mol. The molecule has 2 saturated carbocycles. The number of amides is 2. The molecule has 4 nitrogen and oxygen atoms in total. The van der Waals surface area contributed by atoms with Crippen LogP contribution in [0.15, 0.2) is 0 Å². The second kappa shape index (κ2) is 4.78. The molecule has 4 rings (SSSR count). The number of hydrogen-bond donors (Lipinski definition) is 0. The van der Waals surface area contributed by atoms with Gasteiger partial charge in [0.25, 0.3) is 0 Å². The van der Waals surface area contributed by atoms with Crippen LogP contribution >= 0.6 is 31.9 Å². The second-order valence-electron chi connectivity index (χ2n) is 6.43. The largest absolute Gasteiger partial charge is 0.376 e. The normalized spacial score (nSPS) is 50.3. The molecule has 4 fully saturated rings. The van der Waals surface area contributed by atoms with Crippen molar-refractivity contribution in [3.63, 3.8) is 0 Å². The number of likely N-dealkylation sites (tertiary alicyclic amines) is 1. The molecule has 6 heteroatoms. The molecule has 0 spiro atoms. The van der Waals surface area contributed by atoms with Crippen LogP contribution in [0, 0.1) is 23.7 Å². The summed E-state index contributed by atoms with van der Waals surface area (Å²) in [5.74, 6) is 0.526. The predicted molar refractivity (Wildman–Crippen MR) is 79.7 cm³/mol. The Bertz CT molecular complexity index is 433. The second-order valence-corrected chi connectivity index (χ2v) is 8.54. The predicted octanol–water partition coefficient (Wildman–Crippen LogP) is 1.94. The third-order valence-corrected chi connectivity index (χ3v) is 8.70. The highest BCUT2D eigenvalue weighted by atomic mass is 79.9. The van der Waals surface area contributed by atoms with Crippen molar-refractivity contribution in [3.05, 3.63) is 0 Å². The lowest BCUT2D eigenvalue weighted by Crippen LogP contribution is -2.38. The lowest BCUT2D eigenvalue weighted by molar-refractivity contribution is -0.142. The molecule has 110 valence electrons. The van der Waals surface area contributed by atoms with E-state index >= 15 is 0 Å². The lowest BCUT2D eigenvalue weighted by Gasteiger charge is -2.28. The van der Waals surface area contributed by atoms with E-state index in [2.05, 4.69) is 31.9 Å². The number of carbonyl (C=O) groups excluding carboxylic acids is 2. The summed E-state index contributed by atoms with van der Waals surface area (Å²) in [5.41, 5.74) is 0. The summed E-state index contributed by atoms with van der Waals surface area (Å²) in [6, 6.07) is 0. The van der Waals surface area contributed by atoms with Crippen LogP contribution in [0.25, 0.3) is 0 Å². The Kier molecular flexibility index (Phi) is 3.28. The molecule has 20 heavy (non-hydrogen) atoms. The van der Waals surface area contributed by atoms with Gasteiger partial charge in [-0.3, -0.25) is 14.5 Å². The zero-order chi connectivity index (χ0) is 14.0. The molecule has 0 N–H and O–H groups in total. The highest BCUT2D eigenvalue weighted by Gasteiger charge is 2.66. The molecule has 0 aromatic heterocycles. The van der Waals surface area contributed by atoms with Gasteiger partial charge >= 0.3 is 0 Å². The van der Waals surface area contributed by atoms with E-state index < -0.39 is 0 Å². The van der Waals surface area contributed by atoms with Gasteiger partial charge in [-0.15, -0.1) is 0 Å². The Labute approximate surface area is 134 Å². The number of ether oxygens (including phenoxy) is 1. The van der Waals surface area contributed by atoms with Crippen molar-refractivity contribution < 1.29 is 14.3 Å². The molecule has 2 heterocycles. The zero-order valence-corrected chi connectivity index (χ0v) is 14.2. The van der Waals surface area contributed by atoms with Gasteiger partial charge in [-0.1, -0.05) is 31.9 Å². The first kappa shape index (κ1) is 13.7. The first-order valence-corrected chi connectivity index (χ1v) is 9.17. The van der Waals surface area contributed by atoms with Crippen LogP contribution in [0.3, 0.4) is 0 Å². The molecule has 2 aliphatic carbocycles. The third kappa shape index (κ3) is 1.73. The number of fused-ring (bicyclic) bond motifs is 5. The van der Waals surface area contributed by atoms with Gasteiger partial charge in [-0.2, -0.15) is 0 Å². The van der Waals surface area contributed by atoms with Crippen molar-refractivity contribution in [1.82, 2.24) is 4.90 Å². The van der Waals surface area contributed by atoms with Crippen molar-refractivity contribution in [2.45, 2.75) is 35.0 Å². The first-order chi connectivity index (χ1) is 9.59. The van der Waals surface area contributed by atoms with Crippen LogP contribution in [-0.2, 0) is 14.3 Å². The van der Waals surface area contributed by atoms with Gasteiger partial charge in [0.05, 0.1) is 24.5 Å². The Morgan fingerprint density at radius 3 is 2.20 bits per heavy atom. The van der Waals surface area contributed by atoms with Crippen molar-refractivity contribution in [2.75, 3.05) is 13.2 Å². The molecule has 0 unspecified atom stereocenters. The van der Waals surface area contributed by atoms with E-state index in [0.29, 0.717) is 28.0 Å². The monoisotopic (exact) mass is 405 g/mol. The Morgan fingerprint density at radius 1 is 1.10 bits per heavy atom. The fourth-order valence-corrected chi connectivity index (χ4v) is 6.46. The third-order valence-electron chi connectivity index (χ3n) is 5.49. The van der Waals surface area contributed by atoms with Crippen LogP contribution < -0.4 is 0 Å². The van der Waals surface area contributed by atoms with E-state index in [1.807, 2.05) is 0 Å². The van der Waals surface area contributed by atoms with E-state index in [-0.39, 0.29) is 29.8 Å². The van der Waals surface area contributed by atoms with Crippen molar-refractivity contribution in [3.8, 4) is 0 Å². The Balaban J connectivity index is 1.57. The minimum Gasteiger partial charge on any atom is -0.376 e. The Morgan fingerprint density at radius 2 is 1.70 bits per heavy atom. The molecule has 0 radical (unpaired) electrons. The summed E-state index contributed by atoms with van der Waals surface area (Å²) in [6.45, 7) is 1.22. The molecule has 2 aliphatic heterocycles. The zero-order valence-electron chi connectivity index (χ0n) is 11.0. The van der Waals surface area contributed by atoms with Crippen LogP contribution in [0.1, 0.15) is 19.3 Å². The molecule has 2 bridgehead atoms. The van der Waals surface area contributed by atoms with E-state index in [1.165, 1.54) is 4.90 Å². The van der Waals surface area contributed by atoms with Crippen LogP contribution in [0.4, 0.5) is 0 Å². The van der Waals surface area contributed by atoms with Gasteiger partial charge in [-0.05, 0) is 31.1 Å². The summed E-state index contributed by atoms with van der Waals surface area (Å²) >= 11 is 7.40. The van der Waals surface area contributed by atoms with Crippen LogP contribution in [0.5, 0.6) is 0 Å². The summed E-state index contributed by atoms with van der Waals surface area (Å²) < 4.78 is 5.58. The molecule has 7 atom stereocenters. The number of imide groups is 1. The number of carbonyl (C=O) groups is 2. The van der Waals surface area contributed by atoms with Crippen LogP contribution in [0.2, 0.25) is 0 Å². The summed E-state index contributed by atoms with van der Waals surface area (Å²) in [7, 11) is 0. The fraction of sp³-hybridized carbons (Fsp3) is 0.857. The Hall–Kier alpha value is 0.0600. The van der Waals surface area contributed by atoms with Gasteiger partial charge in [-0.25, -0.2) is 0 Å². The molecule has 0 aromatic rings. The molecule has 0 aromatic carbocycles. The molecule has 4 aliphatic rings. The SMILES string of the molecule is O=C1[C@@H]2[C@@H]3C[C@H]([C@H](Br)[C@@H]3Br)[C@@H]2C(=O)N1C[C@@H]1CCCO1.